The molecule has 1 aliphatic heterocycles. The van der Waals surface area contributed by atoms with Gasteiger partial charge in [-0.05, 0) is 12.1 Å². The van der Waals surface area contributed by atoms with E-state index in [4.69, 9.17) is 5.73 Å². The van der Waals surface area contributed by atoms with Gasteiger partial charge < -0.3 is 16.0 Å². The number of carbonyl (C=O) groups is 2. The number of aromatic nitrogens is 1. The van der Waals surface area contributed by atoms with E-state index in [-0.39, 0.29) is 36.7 Å². The van der Waals surface area contributed by atoms with Gasteiger partial charge in [-0.25, -0.2) is 0 Å². The number of halogens is 1. The van der Waals surface area contributed by atoms with Crippen molar-refractivity contribution in [3.05, 3.63) is 24.0 Å². The summed E-state index contributed by atoms with van der Waals surface area (Å²) in [5.74, 6) is -0.0636. The maximum Gasteiger partial charge on any atom is 0.226 e. The summed E-state index contributed by atoms with van der Waals surface area (Å²) in [6, 6.07) is 3.34. The number of nitrogen functional groups attached to an aromatic ring is 1. The third kappa shape index (κ3) is 4.10. The molecule has 7 heteroatoms. The molecular weight excluding hydrogens is 268 g/mol. The fourth-order valence-corrected chi connectivity index (χ4v) is 1.94. The van der Waals surface area contributed by atoms with E-state index in [2.05, 4.69) is 10.3 Å². The summed E-state index contributed by atoms with van der Waals surface area (Å²) < 4.78 is 0. The van der Waals surface area contributed by atoms with Crippen molar-refractivity contribution < 1.29 is 9.59 Å². The van der Waals surface area contributed by atoms with Crippen LogP contribution in [0.4, 0.5) is 5.69 Å². The summed E-state index contributed by atoms with van der Waals surface area (Å²) in [4.78, 5) is 28.7. The maximum atomic E-state index is 11.8. The number of hydrogen-bond acceptors (Lipinski definition) is 4. The van der Waals surface area contributed by atoms with Crippen molar-refractivity contribution in [1.29, 1.82) is 0 Å². The molecular formula is C12H17ClN4O2. The number of nitrogens with one attached hydrogen (secondary N) is 1. The largest absolute Gasteiger partial charge is 0.397 e. The van der Waals surface area contributed by atoms with Gasteiger partial charge in [-0.15, -0.1) is 12.4 Å². The first-order valence-corrected chi connectivity index (χ1v) is 5.78. The molecule has 1 aromatic rings. The molecule has 19 heavy (non-hydrogen) atoms. The Balaban J connectivity index is 0.00000180. The summed E-state index contributed by atoms with van der Waals surface area (Å²) in [6.45, 7) is 0.569. The van der Waals surface area contributed by atoms with Crippen molar-refractivity contribution in [2.45, 2.75) is 18.9 Å². The second kappa shape index (κ2) is 6.38. The van der Waals surface area contributed by atoms with Gasteiger partial charge in [-0.3, -0.25) is 14.6 Å². The number of likely N-dealkylation sites (N-methyl/N-ethyl adjacent to an activating group) is 1. The predicted molar refractivity (Wildman–Crippen MR) is 73.8 cm³/mol. The van der Waals surface area contributed by atoms with Gasteiger partial charge in [-0.2, -0.15) is 0 Å². The standard InChI is InChI=1S/C12H16N4O2.ClH/c1-16-7-10(5-12(16)18)15-11(17)4-9-3-2-8(13)6-14-9;/h2-3,6,10H,4-5,7,13H2,1H3,(H,15,17);1H. The molecule has 0 radical (unpaired) electrons. The van der Waals surface area contributed by atoms with E-state index in [1.165, 1.54) is 6.20 Å². The number of rotatable bonds is 3. The minimum atomic E-state index is -0.125. The smallest absolute Gasteiger partial charge is 0.226 e. The Bertz CT molecular complexity index is 463. The SMILES string of the molecule is CN1CC(NC(=O)Cc2ccc(N)cn2)CC1=O.Cl. The second-order valence-electron chi connectivity index (χ2n) is 4.50. The molecule has 1 unspecified atom stereocenters. The van der Waals surface area contributed by atoms with E-state index in [1.54, 1.807) is 24.1 Å². The van der Waals surface area contributed by atoms with Gasteiger partial charge in [-0.1, -0.05) is 0 Å². The van der Waals surface area contributed by atoms with Crippen LogP contribution >= 0.6 is 12.4 Å². The lowest BCUT2D eigenvalue weighted by Crippen LogP contribution is -2.37. The molecule has 1 aromatic heterocycles. The molecule has 2 amide bonds. The molecule has 1 aliphatic rings. The van der Waals surface area contributed by atoms with Crippen LogP contribution in [0.2, 0.25) is 0 Å². The predicted octanol–water partition coefficient (Wildman–Crippen LogP) is -0.0250. The zero-order chi connectivity index (χ0) is 13.1. The van der Waals surface area contributed by atoms with E-state index < -0.39 is 0 Å². The molecule has 0 aliphatic carbocycles. The van der Waals surface area contributed by atoms with Crippen molar-refractivity contribution in [3.8, 4) is 0 Å². The quantitative estimate of drug-likeness (QED) is 0.816. The van der Waals surface area contributed by atoms with Crippen LogP contribution in [0.25, 0.3) is 0 Å². The first kappa shape index (κ1) is 15.2. The Morgan fingerprint density at radius 3 is 2.84 bits per heavy atom. The number of amides is 2. The Morgan fingerprint density at radius 1 is 1.58 bits per heavy atom. The van der Waals surface area contributed by atoms with E-state index in [1.807, 2.05) is 0 Å². The Kier molecular flexibility index (Phi) is 5.11. The number of hydrogen-bond donors (Lipinski definition) is 2. The highest BCUT2D eigenvalue weighted by molar-refractivity contribution is 5.85. The zero-order valence-electron chi connectivity index (χ0n) is 10.6. The van der Waals surface area contributed by atoms with Gasteiger partial charge in [0.05, 0.1) is 24.3 Å². The maximum absolute atomic E-state index is 11.8. The van der Waals surface area contributed by atoms with Crippen LogP contribution in [0.3, 0.4) is 0 Å². The fourth-order valence-electron chi connectivity index (χ4n) is 1.94. The molecule has 1 atom stereocenters. The average molecular weight is 285 g/mol. The van der Waals surface area contributed by atoms with Gasteiger partial charge in [0.15, 0.2) is 0 Å². The molecule has 2 heterocycles. The van der Waals surface area contributed by atoms with Crippen molar-refractivity contribution in [2.75, 3.05) is 19.3 Å². The highest BCUT2D eigenvalue weighted by Crippen LogP contribution is 2.08. The summed E-state index contributed by atoms with van der Waals surface area (Å²) >= 11 is 0. The van der Waals surface area contributed by atoms with Crippen LogP contribution in [-0.2, 0) is 16.0 Å². The lowest BCUT2D eigenvalue weighted by atomic mass is 10.2. The summed E-state index contributed by atoms with van der Waals surface area (Å²) in [6.07, 6.45) is 2.10. The number of anilines is 1. The van der Waals surface area contributed by atoms with Crippen molar-refractivity contribution in [1.82, 2.24) is 15.2 Å². The highest BCUT2D eigenvalue weighted by Gasteiger charge is 2.27. The Hall–Kier alpha value is -1.82. The van der Waals surface area contributed by atoms with Crippen LogP contribution in [-0.4, -0.2) is 41.3 Å². The molecule has 1 saturated heterocycles. The normalized spacial score (nSPS) is 18.1. The molecule has 6 nitrogen and oxygen atoms in total. The average Bonchev–Trinajstić information content (AvgIpc) is 2.61. The van der Waals surface area contributed by atoms with Crippen LogP contribution in [0, 0.1) is 0 Å². The monoisotopic (exact) mass is 284 g/mol. The number of nitrogens with zero attached hydrogens (tertiary/aromatic N) is 2. The van der Waals surface area contributed by atoms with Gasteiger partial charge in [0.25, 0.3) is 0 Å². The van der Waals surface area contributed by atoms with Crippen LogP contribution in [0.5, 0.6) is 0 Å². The first-order chi connectivity index (χ1) is 8.54. The minimum absolute atomic E-state index is 0. The van der Waals surface area contributed by atoms with E-state index in [0.717, 1.165) is 0 Å². The number of nitrogens with two attached hydrogens (primary N) is 1. The topological polar surface area (TPSA) is 88.3 Å². The molecule has 0 aromatic carbocycles. The summed E-state index contributed by atoms with van der Waals surface area (Å²) in [5.41, 5.74) is 6.75. The van der Waals surface area contributed by atoms with Gasteiger partial charge in [0.1, 0.15) is 0 Å². The van der Waals surface area contributed by atoms with E-state index >= 15 is 0 Å². The van der Waals surface area contributed by atoms with Crippen LogP contribution in [0.15, 0.2) is 18.3 Å². The number of carbonyl (C=O) groups excluding carboxylic acids is 2. The van der Waals surface area contributed by atoms with Crippen molar-refractivity contribution in [3.63, 3.8) is 0 Å². The van der Waals surface area contributed by atoms with Gasteiger partial charge >= 0.3 is 0 Å². The molecule has 0 bridgehead atoms. The van der Waals surface area contributed by atoms with Crippen molar-refractivity contribution >= 4 is 29.9 Å². The van der Waals surface area contributed by atoms with E-state index in [9.17, 15) is 9.59 Å². The first-order valence-electron chi connectivity index (χ1n) is 5.78. The zero-order valence-corrected chi connectivity index (χ0v) is 11.4. The van der Waals surface area contributed by atoms with Gasteiger partial charge in [0, 0.05) is 25.7 Å². The molecule has 0 saturated carbocycles. The summed E-state index contributed by atoms with van der Waals surface area (Å²) in [5, 5.41) is 2.83. The number of likely N-dealkylation sites (tertiary alicyclic amines) is 1. The van der Waals surface area contributed by atoms with Gasteiger partial charge in [0.2, 0.25) is 11.8 Å². The van der Waals surface area contributed by atoms with Crippen molar-refractivity contribution in [2.24, 2.45) is 0 Å². The third-order valence-corrected chi connectivity index (χ3v) is 2.90. The highest BCUT2D eigenvalue weighted by atomic mass is 35.5. The van der Waals surface area contributed by atoms with Crippen LogP contribution < -0.4 is 11.1 Å². The lowest BCUT2D eigenvalue weighted by molar-refractivity contribution is -0.126. The molecule has 104 valence electrons. The second-order valence-corrected chi connectivity index (χ2v) is 4.50. The third-order valence-electron chi connectivity index (χ3n) is 2.90. The number of pyridine rings is 1. The lowest BCUT2D eigenvalue weighted by Gasteiger charge is -2.12. The molecule has 0 spiro atoms. The Morgan fingerprint density at radius 2 is 2.32 bits per heavy atom. The summed E-state index contributed by atoms with van der Waals surface area (Å²) in [7, 11) is 1.73. The van der Waals surface area contributed by atoms with Crippen LogP contribution in [0.1, 0.15) is 12.1 Å². The molecule has 3 N–H and O–H groups in total. The molecule has 2 rings (SSSR count). The molecule has 1 fully saturated rings. The Labute approximate surface area is 117 Å². The fraction of sp³-hybridized carbons (Fsp3) is 0.417. The van der Waals surface area contributed by atoms with E-state index in [0.29, 0.717) is 24.3 Å². The minimum Gasteiger partial charge on any atom is -0.397 e.